The van der Waals surface area contributed by atoms with E-state index in [9.17, 15) is 4.79 Å². The number of aromatic nitrogens is 1. The van der Waals surface area contributed by atoms with E-state index < -0.39 is 0 Å². The summed E-state index contributed by atoms with van der Waals surface area (Å²) in [7, 11) is 0. The number of hydrogen-bond acceptors (Lipinski definition) is 2. The Hall–Kier alpha value is 0.270. The molecule has 1 aromatic heterocycles. The van der Waals surface area contributed by atoms with Crippen LogP contribution in [0.25, 0.3) is 0 Å². The quantitative estimate of drug-likeness (QED) is 0.510. The fraction of sp³-hybridized carbons (Fsp3) is 0.250. The summed E-state index contributed by atoms with van der Waals surface area (Å²) in [6.07, 6.45) is 0. The smallest absolute Gasteiger partial charge is 0.280 e. The van der Waals surface area contributed by atoms with Crippen molar-refractivity contribution in [3.63, 3.8) is 0 Å². The molecule has 0 aliphatic heterocycles. The van der Waals surface area contributed by atoms with E-state index in [0.717, 1.165) is 0 Å². The molecule has 1 aromatic rings. The minimum atomic E-state index is -0.183. The van der Waals surface area contributed by atoms with E-state index in [4.69, 9.17) is 0 Å². The van der Waals surface area contributed by atoms with Gasteiger partial charge in [-0.25, -0.2) is 0 Å². The summed E-state index contributed by atoms with van der Waals surface area (Å²) < 4.78 is 4.53. The Morgan fingerprint density at radius 2 is 2.38 bits per heavy atom. The predicted octanol–water partition coefficient (Wildman–Crippen LogP) is -0.104. The van der Waals surface area contributed by atoms with E-state index in [1.807, 2.05) is 0 Å². The van der Waals surface area contributed by atoms with Crippen LogP contribution in [0, 0.1) is 6.92 Å². The molecule has 1 heterocycles. The van der Waals surface area contributed by atoms with Crippen molar-refractivity contribution >= 4 is 37.7 Å². The van der Waals surface area contributed by atoms with Crippen molar-refractivity contribution in [2.24, 2.45) is 0 Å². The molecule has 0 aliphatic rings. The van der Waals surface area contributed by atoms with Gasteiger partial charge in [-0.15, -0.1) is 0 Å². The Morgan fingerprint density at radius 3 is 2.50 bits per heavy atom. The van der Waals surface area contributed by atoms with Gasteiger partial charge in [-0.1, -0.05) is 0 Å². The maximum atomic E-state index is 10.1. The first kappa shape index (κ1) is 8.27. The third-order valence-corrected chi connectivity index (χ3v) is 0.647. The molecule has 0 saturated heterocycles. The van der Waals surface area contributed by atoms with Crippen LogP contribution < -0.4 is 5.56 Å². The number of hydrogen-bond donors (Lipinski definition) is 1. The van der Waals surface area contributed by atoms with Crippen molar-refractivity contribution in [1.82, 2.24) is 5.16 Å². The molecule has 0 aromatic carbocycles. The number of H-pyrrole nitrogens is 1. The van der Waals surface area contributed by atoms with E-state index >= 15 is 0 Å². The third kappa shape index (κ3) is 2.03. The summed E-state index contributed by atoms with van der Waals surface area (Å²) in [4.78, 5) is 10.1. The zero-order valence-electron chi connectivity index (χ0n) is 4.60. The van der Waals surface area contributed by atoms with Crippen LogP contribution in [-0.2, 0) is 0 Å². The van der Waals surface area contributed by atoms with Crippen molar-refractivity contribution in [1.29, 1.82) is 0 Å². The van der Waals surface area contributed by atoms with Gasteiger partial charge in [-0.2, -0.15) is 5.16 Å². The van der Waals surface area contributed by atoms with Crippen LogP contribution in [0.3, 0.4) is 0 Å². The number of nitrogens with one attached hydrogen (secondary N) is 1. The summed E-state index contributed by atoms with van der Waals surface area (Å²) >= 11 is 0. The molecule has 1 N–H and O–H groups in total. The molecule has 0 aliphatic carbocycles. The monoisotopic (exact) mass is 139 g/mol. The zero-order valence-corrected chi connectivity index (χ0v) is 6.81. The molecule has 0 unspecified atom stereocenters. The van der Waals surface area contributed by atoms with Crippen molar-refractivity contribution in [3.8, 4) is 0 Å². The summed E-state index contributed by atoms with van der Waals surface area (Å²) in [5.41, 5.74) is -0.183. The van der Waals surface area contributed by atoms with Gasteiger partial charge in [0.05, 0.1) is 0 Å². The van der Waals surface area contributed by atoms with Gasteiger partial charge in [0.25, 0.3) is 5.56 Å². The van der Waals surface area contributed by atoms with E-state index in [1.165, 1.54) is 6.07 Å². The molecule has 0 atom stereocenters. The van der Waals surface area contributed by atoms with Gasteiger partial charge >= 0.3 is 0 Å². The molecule has 0 spiro atoms. The third-order valence-electron chi connectivity index (χ3n) is 0.647. The predicted molar refractivity (Wildman–Crippen MR) is 29.8 cm³/mol. The van der Waals surface area contributed by atoms with Gasteiger partial charge in [-0.3, -0.25) is 4.79 Å². The molecule has 0 bridgehead atoms. The minimum Gasteiger partial charge on any atom is -0.384 e. The first-order valence-electron chi connectivity index (χ1n) is 1.94. The van der Waals surface area contributed by atoms with Crippen LogP contribution in [0.5, 0.6) is 0 Å². The van der Waals surface area contributed by atoms with Crippen LogP contribution in [0.4, 0.5) is 0 Å². The van der Waals surface area contributed by atoms with Crippen molar-refractivity contribution in [2.75, 3.05) is 0 Å². The van der Waals surface area contributed by atoms with Crippen LogP contribution in [0.1, 0.15) is 5.76 Å². The largest absolute Gasteiger partial charge is 0.384 e. The second-order valence-electron chi connectivity index (χ2n) is 1.32. The molecule has 8 heavy (non-hydrogen) atoms. The summed E-state index contributed by atoms with van der Waals surface area (Å²) in [5.74, 6) is 0.616. The second-order valence-corrected chi connectivity index (χ2v) is 1.32. The topological polar surface area (TPSA) is 46.0 Å². The van der Waals surface area contributed by atoms with Crippen LogP contribution in [-0.4, -0.2) is 42.9 Å². The standard InChI is InChI=1S/C4H5NO2.Ca/c1-3-2-4(6)5-7-3;/h2H,1H3,(H,5,6);. The molecular weight excluding hydrogens is 134 g/mol. The molecule has 0 fully saturated rings. The Morgan fingerprint density at radius 1 is 1.75 bits per heavy atom. The van der Waals surface area contributed by atoms with E-state index in [1.54, 1.807) is 6.92 Å². The van der Waals surface area contributed by atoms with Gasteiger partial charge < -0.3 is 4.52 Å². The Balaban J connectivity index is 0.000000490. The number of rotatable bonds is 0. The second kappa shape index (κ2) is 3.33. The summed E-state index contributed by atoms with van der Waals surface area (Å²) in [6, 6.07) is 1.39. The fourth-order valence-corrected chi connectivity index (χ4v) is 0.374. The average Bonchev–Trinajstić information content (AvgIpc) is 1.87. The Kier molecular flexibility index (Phi) is 3.44. The van der Waals surface area contributed by atoms with Crippen LogP contribution in [0.15, 0.2) is 15.4 Å². The Labute approximate surface area is 76.0 Å². The molecule has 40 valence electrons. The van der Waals surface area contributed by atoms with Gasteiger partial charge in [0.2, 0.25) is 0 Å². The SMILES string of the molecule is Cc1cc(=O)[nH]o1.[Ca]. The van der Waals surface area contributed by atoms with Crippen LogP contribution in [0.2, 0.25) is 0 Å². The van der Waals surface area contributed by atoms with E-state index in [2.05, 4.69) is 9.68 Å². The van der Waals surface area contributed by atoms with Gasteiger partial charge in [0.15, 0.2) is 0 Å². The molecule has 0 saturated carbocycles. The maximum absolute atomic E-state index is 10.1. The van der Waals surface area contributed by atoms with Gasteiger partial charge in [0, 0.05) is 43.8 Å². The Bertz CT molecular complexity index is 202. The van der Waals surface area contributed by atoms with E-state index in [0.29, 0.717) is 5.76 Å². The fourth-order valence-electron chi connectivity index (χ4n) is 0.374. The average molecular weight is 139 g/mol. The molecule has 4 heteroatoms. The first-order valence-corrected chi connectivity index (χ1v) is 1.94. The molecule has 0 amide bonds. The summed E-state index contributed by atoms with van der Waals surface area (Å²) in [6.45, 7) is 1.71. The maximum Gasteiger partial charge on any atom is 0.280 e. The number of aryl methyl sites for hydroxylation is 1. The normalized spacial score (nSPS) is 8.12. The van der Waals surface area contributed by atoms with Crippen molar-refractivity contribution < 1.29 is 4.52 Å². The minimum absolute atomic E-state index is 0. The van der Waals surface area contributed by atoms with E-state index in [-0.39, 0.29) is 43.3 Å². The van der Waals surface area contributed by atoms with Crippen molar-refractivity contribution in [3.05, 3.63) is 22.2 Å². The van der Waals surface area contributed by atoms with Crippen molar-refractivity contribution in [2.45, 2.75) is 6.92 Å². The number of aromatic amines is 1. The van der Waals surface area contributed by atoms with Gasteiger partial charge in [-0.05, 0) is 6.92 Å². The molecule has 2 radical (unpaired) electrons. The molecular formula is C4H5CaNO2. The first-order chi connectivity index (χ1) is 3.29. The summed E-state index contributed by atoms with van der Waals surface area (Å²) in [5, 5.41) is 2.14. The van der Waals surface area contributed by atoms with Crippen LogP contribution >= 0.6 is 0 Å². The molecule has 1 rings (SSSR count). The van der Waals surface area contributed by atoms with Gasteiger partial charge in [0.1, 0.15) is 5.76 Å². The molecule has 3 nitrogen and oxygen atoms in total. The zero-order chi connectivity index (χ0) is 5.28.